The van der Waals surface area contributed by atoms with Crippen LogP contribution < -0.4 is 25.7 Å². The Morgan fingerprint density at radius 1 is 1.02 bits per heavy atom. The van der Waals surface area contributed by atoms with Crippen molar-refractivity contribution < 1.29 is 19.4 Å². The van der Waals surface area contributed by atoms with E-state index in [1.807, 2.05) is 19.1 Å². The zero-order chi connectivity index (χ0) is 29.0. The average Bonchev–Trinajstić information content (AvgIpc) is 3.71. The van der Waals surface area contributed by atoms with E-state index in [9.17, 15) is 14.7 Å². The van der Waals surface area contributed by atoms with E-state index in [0.29, 0.717) is 24.1 Å². The fourth-order valence-electron chi connectivity index (χ4n) is 6.59. The van der Waals surface area contributed by atoms with Crippen LogP contribution in [0.2, 0.25) is 0 Å². The summed E-state index contributed by atoms with van der Waals surface area (Å²) in [5.41, 5.74) is 10.3. The van der Waals surface area contributed by atoms with Gasteiger partial charge in [0.05, 0.1) is 12.5 Å². The molecule has 0 spiro atoms. The fourth-order valence-corrected chi connectivity index (χ4v) is 6.59. The van der Waals surface area contributed by atoms with Crippen LogP contribution in [0.3, 0.4) is 0 Å². The molecule has 0 unspecified atom stereocenters. The maximum absolute atomic E-state index is 13.9. The predicted molar refractivity (Wildman–Crippen MR) is 163 cm³/mol. The van der Waals surface area contributed by atoms with E-state index < -0.39 is 11.9 Å². The summed E-state index contributed by atoms with van der Waals surface area (Å²) < 4.78 is 5.51. The summed E-state index contributed by atoms with van der Waals surface area (Å²) in [6.45, 7) is 8.49. The second kappa shape index (κ2) is 11.8. The number of aliphatic carboxylic acids is 1. The molecule has 8 bridgehead atoms. The number of carbonyl (C=O) groups excluding carboxylic acids is 1. The number of ether oxygens (including phenoxy) is 1. The van der Waals surface area contributed by atoms with Crippen molar-refractivity contribution in [1.82, 2.24) is 15.0 Å². The molecule has 2 atom stereocenters. The van der Waals surface area contributed by atoms with Crippen molar-refractivity contribution in [3.63, 3.8) is 0 Å². The van der Waals surface area contributed by atoms with Gasteiger partial charge in [0, 0.05) is 19.1 Å². The molecule has 0 amide bonds. The van der Waals surface area contributed by atoms with Gasteiger partial charge >= 0.3 is 29.0 Å². The van der Waals surface area contributed by atoms with Crippen LogP contribution in [0.5, 0.6) is 0 Å². The minimum atomic E-state index is -0.852. The zero-order valence-corrected chi connectivity index (χ0v) is 26.3. The minimum Gasteiger partial charge on any atom is -0.664 e. The van der Waals surface area contributed by atoms with E-state index in [4.69, 9.17) is 25.0 Å². The Morgan fingerprint density at radius 2 is 1.79 bits per heavy atom. The molecule has 5 heterocycles. The van der Waals surface area contributed by atoms with E-state index in [1.54, 1.807) is 7.11 Å². The monoisotopic (exact) mass is 574 g/mol. The third-order valence-electron chi connectivity index (χ3n) is 8.70. The second-order valence-electron chi connectivity index (χ2n) is 11.2. The number of Topliss-reactive ketones (excluding diaryl/α,β-unsaturated/α-hetero) is 1. The number of carbonyl (C=O) groups is 2. The van der Waals surface area contributed by atoms with Crippen molar-refractivity contribution >= 4 is 58.6 Å². The SMILES string of the molecule is CCc1cc2[n-]c1/C=c1\[n-]/c(c(CC)c1C)=C\c1[n-]c3c(c1C)C(=O)[C@H](COC)/C3=C1/[N-]/C(=C\2)C[C@@H]1CCC(=O)O.[Mg+2]. The first kappa shape index (κ1) is 30.2. The first-order chi connectivity index (χ1) is 19.7. The van der Waals surface area contributed by atoms with Crippen molar-refractivity contribution in [3.05, 3.63) is 84.1 Å². The number of aryl methyl sites for hydroxylation is 1. The molecule has 3 aromatic heterocycles. The number of nitrogens with zero attached hydrogens (tertiary/aromatic N) is 4. The molecule has 1 saturated heterocycles. The molecule has 3 aromatic rings. The fraction of sp³-hybridized carbons (Fsp3) is 0.394. The summed E-state index contributed by atoms with van der Waals surface area (Å²) in [5, 5.41) is 16.3. The van der Waals surface area contributed by atoms with Crippen molar-refractivity contribution in [2.24, 2.45) is 11.8 Å². The van der Waals surface area contributed by atoms with Gasteiger partial charge in [-0.05, 0) is 45.4 Å². The molecule has 8 nitrogen and oxygen atoms in total. The number of carboxylic acid groups (broad SMARTS) is 1. The van der Waals surface area contributed by atoms with Crippen LogP contribution in [0.1, 0.15) is 88.5 Å². The van der Waals surface area contributed by atoms with Crippen LogP contribution in [-0.2, 0) is 22.4 Å². The van der Waals surface area contributed by atoms with Gasteiger partial charge < -0.3 is 30.1 Å². The maximum Gasteiger partial charge on any atom is 2.00 e. The second-order valence-corrected chi connectivity index (χ2v) is 11.2. The summed E-state index contributed by atoms with van der Waals surface area (Å²) in [6, 6.07) is 2.09. The van der Waals surface area contributed by atoms with Gasteiger partial charge in [-0.25, -0.2) is 0 Å². The summed E-state index contributed by atoms with van der Waals surface area (Å²) in [7, 11) is 1.59. The Bertz CT molecular complexity index is 1770. The van der Waals surface area contributed by atoms with Crippen LogP contribution in [0.15, 0.2) is 17.5 Å². The zero-order valence-electron chi connectivity index (χ0n) is 24.9. The summed E-state index contributed by atoms with van der Waals surface area (Å²) >= 11 is 0. The number of ketones is 1. The molecular weight excluding hydrogens is 541 g/mol. The van der Waals surface area contributed by atoms with Gasteiger partial charge in [0.15, 0.2) is 5.78 Å². The molecule has 0 saturated carbocycles. The molecule has 0 aromatic carbocycles. The molecule has 1 aliphatic carbocycles. The van der Waals surface area contributed by atoms with Gasteiger partial charge in [-0.1, -0.05) is 66.0 Å². The van der Waals surface area contributed by atoms with Crippen molar-refractivity contribution in [1.29, 1.82) is 0 Å². The van der Waals surface area contributed by atoms with Gasteiger partial charge in [-0.2, -0.15) is 11.4 Å². The van der Waals surface area contributed by atoms with Crippen LogP contribution in [-0.4, -0.2) is 53.6 Å². The molecule has 1 N–H and O–H groups in total. The standard InChI is InChI=1S/C33H36N4O4.Mg/c1-6-18-10-20-12-21-11-19(8-9-28(38)39)31(35-21)30-23(15-41-5)33(40)29-17(4)25(37-32(29)30)14-27-22(7-2)16(3)24(36-27)13-26(18)34-20;/h10,12-14,19,23H,6-9,11,15H2,1-5H3,(H3,35,37,38,39,40);/q-2;+2/p-2/b21-12-,24-13-,27-14-;/t19-,23+;/m0./s1. The van der Waals surface area contributed by atoms with E-state index in [2.05, 4.69) is 32.9 Å². The number of aromatic nitrogens is 3. The van der Waals surface area contributed by atoms with E-state index in [0.717, 1.165) is 79.8 Å². The Hall–Kier alpha value is -3.27. The van der Waals surface area contributed by atoms with Gasteiger partial charge in [0.1, 0.15) is 0 Å². The number of allylic oxidation sites excluding steroid dienone is 2. The molecule has 42 heavy (non-hydrogen) atoms. The Morgan fingerprint density at radius 3 is 2.48 bits per heavy atom. The van der Waals surface area contributed by atoms with Crippen LogP contribution in [0.4, 0.5) is 0 Å². The molecule has 1 fully saturated rings. The largest absolute Gasteiger partial charge is 2.00 e. The van der Waals surface area contributed by atoms with Crippen LogP contribution >= 0.6 is 0 Å². The number of carboxylic acids is 1. The maximum atomic E-state index is 13.9. The molecule has 214 valence electrons. The number of methoxy groups -OCH3 is 1. The van der Waals surface area contributed by atoms with Crippen molar-refractivity contribution in [3.8, 4) is 0 Å². The van der Waals surface area contributed by atoms with Gasteiger partial charge in [-0.15, -0.1) is 33.5 Å². The average molecular weight is 575 g/mol. The quantitative estimate of drug-likeness (QED) is 0.430. The Labute approximate surface area is 261 Å². The van der Waals surface area contributed by atoms with Gasteiger partial charge in [0.2, 0.25) is 0 Å². The molecule has 6 rings (SSSR count). The van der Waals surface area contributed by atoms with Crippen molar-refractivity contribution in [2.45, 2.75) is 59.8 Å². The normalized spacial score (nSPS) is 23.4. The first-order valence-electron chi connectivity index (χ1n) is 14.3. The van der Waals surface area contributed by atoms with Crippen molar-refractivity contribution in [2.75, 3.05) is 13.7 Å². The number of rotatable bonds is 7. The Kier molecular flexibility index (Phi) is 8.47. The molecule has 9 heteroatoms. The summed E-state index contributed by atoms with van der Waals surface area (Å²) in [6.07, 6.45) is 8.71. The van der Waals surface area contributed by atoms with Crippen LogP contribution in [0, 0.1) is 25.7 Å². The van der Waals surface area contributed by atoms with E-state index in [1.165, 1.54) is 0 Å². The molecular formula is C33H34MgN4O4-2. The van der Waals surface area contributed by atoms with Gasteiger partial charge in [0.25, 0.3) is 0 Å². The summed E-state index contributed by atoms with van der Waals surface area (Å²) in [4.78, 5) is 40.4. The molecule has 2 aliphatic heterocycles. The van der Waals surface area contributed by atoms with E-state index >= 15 is 0 Å². The third-order valence-corrected chi connectivity index (χ3v) is 8.70. The van der Waals surface area contributed by atoms with E-state index in [-0.39, 0.29) is 47.8 Å². The number of fused-ring (bicyclic) bond motifs is 7. The molecule has 0 radical (unpaired) electrons. The minimum absolute atomic E-state index is 0. The Balaban J connectivity index is 0.00000353. The third kappa shape index (κ3) is 5.01. The number of hydrogen-bond acceptors (Lipinski definition) is 3. The summed E-state index contributed by atoms with van der Waals surface area (Å²) in [5.74, 6) is -1.55. The smallest absolute Gasteiger partial charge is 0.664 e. The topological polar surface area (TPSA) is 120 Å². The number of hydrogen-bond donors (Lipinski definition) is 1. The van der Waals surface area contributed by atoms with Gasteiger partial charge in [-0.3, -0.25) is 9.59 Å². The van der Waals surface area contributed by atoms with Crippen LogP contribution in [0.25, 0.3) is 29.1 Å². The predicted octanol–water partition coefficient (Wildman–Crippen LogP) is 3.36. The molecule has 3 aliphatic rings. The first-order valence-corrected chi connectivity index (χ1v) is 14.3.